The molecular formula is C25H24ClN3O3S2. The van der Waals surface area contributed by atoms with Crippen LogP contribution in [0.25, 0.3) is 21.7 Å². The van der Waals surface area contributed by atoms with Gasteiger partial charge >= 0.3 is 5.97 Å². The Labute approximate surface area is 211 Å². The van der Waals surface area contributed by atoms with E-state index in [9.17, 15) is 9.90 Å². The number of rotatable bonds is 9. The third-order valence-corrected chi connectivity index (χ3v) is 7.48. The van der Waals surface area contributed by atoms with Crippen LogP contribution in [0.4, 0.5) is 10.9 Å². The van der Waals surface area contributed by atoms with E-state index in [-0.39, 0.29) is 11.4 Å². The van der Waals surface area contributed by atoms with Gasteiger partial charge < -0.3 is 15.2 Å². The van der Waals surface area contributed by atoms with E-state index in [1.165, 1.54) is 22.7 Å². The fourth-order valence-electron chi connectivity index (χ4n) is 3.43. The van der Waals surface area contributed by atoms with Gasteiger partial charge in [-0.15, -0.1) is 22.7 Å². The van der Waals surface area contributed by atoms with Crippen molar-refractivity contribution in [2.75, 3.05) is 12.4 Å². The van der Waals surface area contributed by atoms with Crippen molar-refractivity contribution in [1.29, 1.82) is 0 Å². The van der Waals surface area contributed by atoms with Crippen LogP contribution in [0.5, 0.6) is 5.75 Å². The Bertz CT molecular complexity index is 1300. The highest BCUT2D eigenvalue weighted by Gasteiger charge is 2.19. The molecule has 0 amide bonds. The summed E-state index contributed by atoms with van der Waals surface area (Å²) in [6, 6.07) is 11.1. The van der Waals surface area contributed by atoms with E-state index < -0.39 is 5.97 Å². The number of aryl methyl sites for hydroxylation is 1. The Balaban J connectivity index is 1.71. The number of anilines is 2. The first-order chi connectivity index (χ1) is 16.4. The van der Waals surface area contributed by atoms with Crippen LogP contribution >= 0.6 is 34.3 Å². The number of ether oxygens (including phenoxy) is 1. The van der Waals surface area contributed by atoms with Crippen LogP contribution in [0, 0.1) is 5.92 Å². The molecule has 9 heteroatoms. The van der Waals surface area contributed by atoms with E-state index in [4.69, 9.17) is 21.3 Å². The summed E-state index contributed by atoms with van der Waals surface area (Å²) < 4.78 is 5.39. The number of hydrogen-bond acceptors (Lipinski definition) is 7. The van der Waals surface area contributed by atoms with Gasteiger partial charge in [-0.25, -0.2) is 14.8 Å². The summed E-state index contributed by atoms with van der Waals surface area (Å²) in [6.07, 6.45) is 3.54. The number of halogens is 1. The van der Waals surface area contributed by atoms with Crippen LogP contribution in [0.15, 0.2) is 48.0 Å². The number of pyridine rings is 1. The minimum Gasteiger partial charge on any atom is -0.495 e. The van der Waals surface area contributed by atoms with Crippen molar-refractivity contribution in [1.82, 2.24) is 9.97 Å². The molecule has 0 saturated carbocycles. The maximum atomic E-state index is 12.0. The van der Waals surface area contributed by atoms with Gasteiger partial charge in [0.05, 0.1) is 17.8 Å². The number of methoxy groups -OCH3 is 1. The van der Waals surface area contributed by atoms with Crippen molar-refractivity contribution < 1.29 is 14.6 Å². The number of carboxylic acid groups (broad SMARTS) is 1. The molecule has 2 N–H and O–H groups in total. The Morgan fingerprint density at radius 3 is 2.74 bits per heavy atom. The highest BCUT2D eigenvalue weighted by Crippen LogP contribution is 2.38. The SMILES string of the molecule is COc1cc(-c2nc(Nc3ncc(-c4cccs4)cc3C(=O)O)sc2CCC(C)C)ccc1Cl. The first kappa shape index (κ1) is 24.2. The van der Waals surface area contributed by atoms with Gasteiger partial charge in [-0.1, -0.05) is 37.6 Å². The van der Waals surface area contributed by atoms with Crippen LogP contribution in [-0.2, 0) is 6.42 Å². The molecule has 1 aromatic carbocycles. The summed E-state index contributed by atoms with van der Waals surface area (Å²) in [5.74, 6) is 0.330. The Morgan fingerprint density at radius 2 is 2.06 bits per heavy atom. The molecule has 6 nitrogen and oxygen atoms in total. The second kappa shape index (κ2) is 10.5. The predicted octanol–water partition coefficient (Wildman–Crippen LogP) is 7.63. The van der Waals surface area contributed by atoms with Crippen LogP contribution in [0.2, 0.25) is 5.02 Å². The van der Waals surface area contributed by atoms with E-state index >= 15 is 0 Å². The largest absolute Gasteiger partial charge is 0.495 e. The van der Waals surface area contributed by atoms with Crippen molar-refractivity contribution in [2.24, 2.45) is 5.92 Å². The Kier molecular flexibility index (Phi) is 7.50. The quantitative estimate of drug-likeness (QED) is 0.239. The average Bonchev–Trinajstić information content (AvgIpc) is 3.48. The number of hydrogen-bond donors (Lipinski definition) is 2. The zero-order valence-electron chi connectivity index (χ0n) is 19.0. The van der Waals surface area contributed by atoms with Crippen LogP contribution in [0.3, 0.4) is 0 Å². The lowest BCUT2D eigenvalue weighted by Gasteiger charge is -2.08. The molecule has 0 radical (unpaired) electrons. The first-order valence-corrected chi connectivity index (χ1v) is 12.8. The van der Waals surface area contributed by atoms with Crippen molar-refractivity contribution in [3.05, 3.63) is 63.4 Å². The minimum absolute atomic E-state index is 0.0968. The summed E-state index contributed by atoms with van der Waals surface area (Å²) in [6.45, 7) is 4.37. The number of benzene rings is 1. The normalized spacial score (nSPS) is 11.1. The molecule has 0 aliphatic rings. The number of carbonyl (C=O) groups is 1. The highest BCUT2D eigenvalue weighted by atomic mass is 35.5. The molecule has 0 atom stereocenters. The molecule has 4 aromatic rings. The van der Waals surface area contributed by atoms with E-state index in [1.54, 1.807) is 25.4 Å². The van der Waals surface area contributed by atoms with Crippen molar-refractivity contribution in [3.8, 4) is 27.4 Å². The number of thiazole rings is 1. The molecular weight excluding hydrogens is 490 g/mol. The Hall–Kier alpha value is -2.94. The molecule has 34 heavy (non-hydrogen) atoms. The van der Waals surface area contributed by atoms with Crippen LogP contribution in [-0.4, -0.2) is 28.2 Å². The topological polar surface area (TPSA) is 84.3 Å². The third kappa shape index (κ3) is 5.41. The molecule has 0 bridgehead atoms. The summed E-state index contributed by atoms with van der Waals surface area (Å²) in [5, 5.41) is 16.0. The summed E-state index contributed by atoms with van der Waals surface area (Å²) in [4.78, 5) is 23.3. The monoisotopic (exact) mass is 513 g/mol. The smallest absolute Gasteiger partial charge is 0.339 e. The molecule has 0 spiro atoms. The van der Waals surface area contributed by atoms with Gasteiger partial charge in [0.25, 0.3) is 0 Å². The van der Waals surface area contributed by atoms with Gasteiger partial charge in [-0.3, -0.25) is 0 Å². The lowest BCUT2D eigenvalue weighted by molar-refractivity contribution is 0.0697. The molecule has 4 rings (SSSR count). The standard InChI is InChI=1S/C25H24ClN3O3S2/c1-14(2)6-9-21-22(15-7-8-18(26)19(12-15)32-3)28-25(34-21)29-23-17(24(30)31)11-16(13-27-23)20-5-4-10-33-20/h4-5,7-8,10-14H,6,9H2,1-3H3,(H,30,31)(H,27,28,29). The van der Waals surface area contributed by atoms with E-state index in [0.717, 1.165) is 39.4 Å². The second-order valence-corrected chi connectivity index (χ2v) is 10.5. The average molecular weight is 514 g/mol. The fourth-order valence-corrected chi connectivity index (χ4v) is 5.33. The second-order valence-electron chi connectivity index (χ2n) is 8.10. The van der Waals surface area contributed by atoms with Crippen LogP contribution < -0.4 is 10.1 Å². The van der Waals surface area contributed by atoms with Crippen molar-refractivity contribution in [3.63, 3.8) is 0 Å². The summed E-state index contributed by atoms with van der Waals surface area (Å²) in [7, 11) is 1.58. The van der Waals surface area contributed by atoms with E-state index in [0.29, 0.717) is 21.8 Å². The molecule has 0 aliphatic heterocycles. The lowest BCUT2D eigenvalue weighted by atomic mass is 10.0. The molecule has 176 valence electrons. The van der Waals surface area contributed by atoms with Crippen molar-refractivity contribution in [2.45, 2.75) is 26.7 Å². The maximum absolute atomic E-state index is 12.0. The molecule has 0 aliphatic carbocycles. The number of aromatic nitrogens is 2. The first-order valence-electron chi connectivity index (χ1n) is 10.7. The predicted molar refractivity (Wildman–Crippen MR) is 140 cm³/mol. The number of carboxylic acids is 1. The third-order valence-electron chi connectivity index (χ3n) is 5.22. The zero-order valence-corrected chi connectivity index (χ0v) is 21.4. The van der Waals surface area contributed by atoms with Crippen molar-refractivity contribution >= 4 is 51.2 Å². The van der Waals surface area contributed by atoms with Gasteiger partial charge in [0, 0.05) is 27.1 Å². The molecule has 0 fully saturated rings. The molecule has 0 saturated heterocycles. The van der Waals surface area contributed by atoms with E-state index in [1.807, 2.05) is 29.6 Å². The number of nitrogens with zero attached hydrogens (tertiary/aromatic N) is 2. The summed E-state index contributed by atoms with van der Waals surface area (Å²) in [5.41, 5.74) is 2.59. The zero-order chi connectivity index (χ0) is 24.2. The number of thiophene rings is 1. The van der Waals surface area contributed by atoms with Gasteiger partial charge in [-0.2, -0.15) is 0 Å². The molecule has 0 unspecified atom stereocenters. The molecule has 3 heterocycles. The van der Waals surface area contributed by atoms with Gasteiger partial charge in [0.1, 0.15) is 17.1 Å². The molecule has 3 aromatic heterocycles. The minimum atomic E-state index is -1.05. The van der Waals surface area contributed by atoms with Gasteiger partial charge in [0.2, 0.25) is 0 Å². The van der Waals surface area contributed by atoms with Gasteiger partial charge in [-0.05, 0) is 48.4 Å². The summed E-state index contributed by atoms with van der Waals surface area (Å²) >= 11 is 9.26. The van der Waals surface area contributed by atoms with E-state index in [2.05, 4.69) is 24.1 Å². The maximum Gasteiger partial charge on any atom is 0.339 e. The number of aromatic carboxylic acids is 1. The highest BCUT2D eigenvalue weighted by molar-refractivity contribution is 7.16. The number of nitrogens with one attached hydrogen (secondary N) is 1. The fraction of sp³-hybridized carbons (Fsp3) is 0.240. The van der Waals surface area contributed by atoms with Gasteiger partial charge in [0.15, 0.2) is 5.13 Å². The lowest BCUT2D eigenvalue weighted by Crippen LogP contribution is -2.05. The Morgan fingerprint density at radius 1 is 1.24 bits per heavy atom. The van der Waals surface area contributed by atoms with Crippen LogP contribution in [0.1, 0.15) is 35.5 Å².